The van der Waals surface area contributed by atoms with E-state index in [2.05, 4.69) is 10.3 Å². The predicted octanol–water partition coefficient (Wildman–Crippen LogP) is 4.11. The summed E-state index contributed by atoms with van der Waals surface area (Å²) in [5.41, 5.74) is 6.95. The molecule has 1 amide bonds. The molecule has 0 aliphatic heterocycles. The Morgan fingerprint density at radius 2 is 2.00 bits per heavy atom. The van der Waals surface area contributed by atoms with Gasteiger partial charge in [-0.25, -0.2) is 4.98 Å². The van der Waals surface area contributed by atoms with E-state index >= 15 is 0 Å². The molecule has 0 spiro atoms. The summed E-state index contributed by atoms with van der Waals surface area (Å²) in [4.78, 5) is 17.6. The number of thiophene rings is 1. The molecule has 7 heteroatoms. The summed E-state index contributed by atoms with van der Waals surface area (Å²) in [6.45, 7) is 0.872. The number of para-hydroxylation sites is 1. The Balaban J connectivity index is 1.57. The number of methoxy groups -OCH3 is 1. The molecule has 28 heavy (non-hydrogen) atoms. The number of hydrogen-bond acceptors (Lipinski definition) is 6. The SMILES string of the molecule is COCC=Cc1ccc(C(=O)NCc2ccc(Oc3ccccc3)s2)c(N)n1. The van der Waals surface area contributed by atoms with E-state index in [1.807, 2.05) is 48.5 Å². The standard InChI is InChI=1S/C21H21N3O3S/c1-26-13-5-6-15-9-11-18(20(22)24-15)21(25)23-14-17-10-12-19(28-17)27-16-7-3-2-4-8-16/h2-12H,13-14H2,1H3,(H2,22,24)(H,23,25). The van der Waals surface area contributed by atoms with Crippen molar-refractivity contribution >= 4 is 29.1 Å². The number of carbonyl (C=O) groups excluding carboxylic acids is 1. The van der Waals surface area contributed by atoms with Crippen LogP contribution in [0.25, 0.3) is 6.08 Å². The minimum absolute atomic E-state index is 0.191. The van der Waals surface area contributed by atoms with Gasteiger partial charge in [0.05, 0.1) is 24.4 Å². The van der Waals surface area contributed by atoms with E-state index in [4.69, 9.17) is 15.2 Å². The Bertz CT molecular complexity index is 955. The first kappa shape index (κ1) is 19.6. The molecule has 3 N–H and O–H groups in total. The molecule has 3 rings (SSSR count). The van der Waals surface area contributed by atoms with Gasteiger partial charge in [0.2, 0.25) is 0 Å². The molecule has 6 nitrogen and oxygen atoms in total. The maximum atomic E-state index is 12.4. The number of rotatable bonds is 8. The van der Waals surface area contributed by atoms with Gasteiger partial charge in [0.1, 0.15) is 11.6 Å². The van der Waals surface area contributed by atoms with Crippen LogP contribution >= 0.6 is 11.3 Å². The smallest absolute Gasteiger partial charge is 0.255 e. The highest BCUT2D eigenvalue weighted by Gasteiger charge is 2.12. The number of aromatic nitrogens is 1. The topological polar surface area (TPSA) is 86.5 Å². The van der Waals surface area contributed by atoms with Gasteiger partial charge >= 0.3 is 0 Å². The first-order valence-electron chi connectivity index (χ1n) is 8.67. The van der Waals surface area contributed by atoms with Gasteiger partial charge in [0, 0.05) is 12.0 Å². The molecule has 3 aromatic rings. The van der Waals surface area contributed by atoms with Gasteiger partial charge in [0.15, 0.2) is 5.06 Å². The molecular weight excluding hydrogens is 374 g/mol. The molecule has 0 aliphatic carbocycles. The molecule has 0 radical (unpaired) electrons. The van der Waals surface area contributed by atoms with E-state index in [9.17, 15) is 4.79 Å². The van der Waals surface area contributed by atoms with Gasteiger partial charge in [-0.3, -0.25) is 4.79 Å². The van der Waals surface area contributed by atoms with Crippen LogP contribution in [-0.4, -0.2) is 24.6 Å². The highest BCUT2D eigenvalue weighted by atomic mass is 32.1. The van der Waals surface area contributed by atoms with Crippen LogP contribution in [0, 0.1) is 0 Å². The summed E-state index contributed by atoms with van der Waals surface area (Å²) in [5.74, 6) is 0.700. The van der Waals surface area contributed by atoms with E-state index in [-0.39, 0.29) is 11.7 Å². The fraction of sp³-hybridized carbons (Fsp3) is 0.143. The Morgan fingerprint density at radius 1 is 1.18 bits per heavy atom. The van der Waals surface area contributed by atoms with Crippen LogP contribution in [0.5, 0.6) is 10.8 Å². The summed E-state index contributed by atoms with van der Waals surface area (Å²) >= 11 is 1.48. The number of nitrogens with two attached hydrogens (primary N) is 1. The minimum atomic E-state index is -0.267. The van der Waals surface area contributed by atoms with Crippen molar-refractivity contribution in [3.05, 3.63) is 76.8 Å². The lowest BCUT2D eigenvalue weighted by atomic mass is 10.2. The lowest BCUT2D eigenvalue weighted by Crippen LogP contribution is -2.23. The Labute approximate surface area is 167 Å². The number of pyridine rings is 1. The average Bonchev–Trinajstić information content (AvgIpc) is 3.14. The van der Waals surface area contributed by atoms with Crippen molar-refractivity contribution in [1.29, 1.82) is 0 Å². The molecule has 0 unspecified atom stereocenters. The Kier molecular flexibility index (Phi) is 6.78. The van der Waals surface area contributed by atoms with Crippen LogP contribution < -0.4 is 15.8 Å². The van der Waals surface area contributed by atoms with Crippen LogP contribution in [0.15, 0.2) is 60.7 Å². The van der Waals surface area contributed by atoms with Crippen LogP contribution in [-0.2, 0) is 11.3 Å². The molecular formula is C21H21N3O3S. The van der Waals surface area contributed by atoms with E-state index < -0.39 is 0 Å². The molecule has 0 atom stereocenters. The second-order valence-corrected chi connectivity index (χ2v) is 6.98. The molecule has 2 heterocycles. The molecule has 2 aromatic heterocycles. The first-order valence-corrected chi connectivity index (χ1v) is 9.49. The molecule has 0 fully saturated rings. The Hall–Kier alpha value is -3.16. The van der Waals surface area contributed by atoms with E-state index in [0.29, 0.717) is 24.4 Å². The summed E-state index contributed by atoms with van der Waals surface area (Å²) in [6, 6.07) is 16.8. The third-order valence-electron chi connectivity index (χ3n) is 3.76. The highest BCUT2D eigenvalue weighted by molar-refractivity contribution is 7.13. The number of benzene rings is 1. The van der Waals surface area contributed by atoms with Gasteiger partial charge in [-0.2, -0.15) is 0 Å². The van der Waals surface area contributed by atoms with Crippen LogP contribution in [0.3, 0.4) is 0 Å². The highest BCUT2D eigenvalue weighted by Crippen LogP contribution is 2.29. The van der Waals surface area contributed by atoms with Crippen LogP contribution in [0.2, 0.25) is 0 Å². The van der Waals surface area contributed by atoms with Crippen LogP contribution in [0.4, 0.5) is 5.82 Å². The lowest BCUT2D eigenvalue weighted by molar-refractivity contribution is 0.0952. The number of nitrogens with zero attached hydrogens (tertiary/aromatic N) is 1. The maximum absolute atomic E-state index is 12.4. The lowest BCUT2D eigenvalue weighted by Gasteiger charge is -2.07. The zero-order chi connectivity index (χ0) is 19.8. The largest absolute Gasteiger partial charge is 0.447 e. The monoisotopic (exact) mass is 395 g/mol. The van der Waals surface area contributed by atoms with E-state index in [1.54, 1.807) is 25.3 Å². The number of anilines is 1. The summed E-state index contributed by atoms with van der Waals surface area (Å²) in [7, 11) is 1.61. The molecule has 1 aromatic carbocycles. The van der Waals surface area contributed by atoms with Crippen molar-refractivity contribution in [3.8, 4) is 10.8 Å². The first-order chi connectivity index (χ1) is 13.7. The summed E-state index contributed by atoms with van der Waals surface area (Å²) < 4.78 is 10.7. The number of carbonyl (C=O) groups is 1. The number of hydrogen-bond donors (Lipinski definition) is 2. The zero-order valence-electron chi connectivity index (χ0n) is 15.4. The number of nitrogens with one attached hydrogen (secondary N) is 1. The molecule has 0 aliphatic rings. The Morgan fingerprint density at radius 3 is 2.75 bits per heavy atom. The van der Waals surface area contributed by atoms with Crippen molar-refractivity contribution in [2.24, 2.45) is 0 Å². The maximum Gasteiger partial charge on any atom is 0.255 e. The summed E-state index contributed by atoms with van der Waals surface area (Å²) in [6.07, 6.45) is 3.62. The van der Waals surface area contributed by atoms with E-state index in [0.717, 1.165) is 15.7 Å². The molecule has 0 saturated heterocycles. The molecule has 0 bridgehead atoms. The number of amides is 1. The minimum Gasteiger partial charge on any atom is -0.447 e. The van der Waals surface area contributed by atoms with Crippen LogP contribution in [0.1, 0.15) is 20.9 Å². The van der Waals surface area contributed by atoms with Gasteiger partial charge < -0.3 is 20.5 Å². The summed E-state index contributed by atoms with van der Waals surface area (Å²) in [5, 5.41) is 3.63. The van der Waals surface area contributed by atoms with Crippen molar-refractivity contribution < 1.29 is 14.3 Å². The van der Waals surface area contributed by atoms with E-state index in [1.165, 1.54) is 11.3 Å². The molecule has 144 valence electrons. The number of ether oxygens (including phenoxy) is 2. The van der Waals surface area contributed by atoms with Gasteiger partial charge in [-0.15, -0.1) is 11.3 Å². The van der Waals surface area contributed by atoms with Crippen molar-refractivity contribution in [3.63, 3.8) is 0 Å². The van der Waals surface area contributed by atoms with Crippen molar-refractivity contribution in [1.82, 2.24) is 10.3 Å². The average molecular weight is 395 g/mol. The van der Waals surface area contributed by atoms with Crippen molar-refractivity contribution in [2.75, 3.05) is 19.5 Å². The fourth-order valence-corrected chi connectivity index (χ4v) is 3.23. The third kappa shape index (κ3) is 5.42. The van der Waals surface area contributed by atoms with Gasteiger partial charge in [0.25, 0.3) is 5.91 Å². The normalized spacial score (nSPS) is 10.9. The quantitative estimate of drug-likeness (QED) is 0.599. The number of nitrogen functional groups attached to an aromatic ring is 1. The zero-order valence-corrected chi connectivity index (χ0v) is 16.2. The third-order valence-corrected chi connectivity index (χ3v) is 4.73. The van der Waals surface area contributed by atoms with Gasteiger partial charge in [-0.05, 0) is 42.5 Å². The van der Waals surface area contributed by atoms with Crippen molar-refractivity contribution in [2.45, 2.75) is 6.54 Å². The second kappa shape index (κ2) is 9.68. The second-order valence-electron chi connectivity index (χ2n) is 5.85. The molecule has 0 saturated carbocycles. The van der Waals surface area contributed by atoms with Gasteiger partial charge in [-0.1, -0.05) is 24.3 Å². The predicted molar refractivity (Wildman–Crippen MR) is 112 cm³/mol. The fourth-order valence-electron chi connectivity index (χ4n) is 2.42.